The number of rotatable bonds is 6. The Hall–Kier alpha value is -0.120. The largest absolute Gasteiger partial charge is 0.385 e. The first kappa shape index (κ1) is 13.9. The third kappa shape index (κ3) is 4.04. The second kappa shape index (κ2) is 7.25. The van der Waals surface area contributed by atoms with Crippen LogP contribution in [-0.2, 0) is 4.74 Å². The van der Waals surface area contributed by atoms with Gasteiger partial charge in [0, 0.05) is 32.3 Å². The van der Waals surface area contributed by atoms with Crippen LogP contribution in [0.4, 0.5) is 0 Å². The molecule has 0 aliphatic carbocycles. The fourth-order valence-electron chi connectivity index (χ4n) is 2.57. The van der Waals surface area contributed by atoms with E-state index in [2.05, 4.69) is 24.1 Å². The Balaban J connectivity index is 2.44. The lowest BCUT2D eigenvalue weighted by atomic mass is 9.92. The first-order valence-corrected chi connectivity index (χ1v) is 6.72. The quantitative estimate of drug-likeness (QED) is 0.703. The van der Waals surface area contributed by atoms with Crippen LogP contribution in [0.2, 0.25) is 0 Å². The highest BCUT2D eigenvalue weighted by atomic mass is 16.5. The molecule has 3 heteroatoms. The van der Waals surface area contributed by atoms with E-state index in [4.69, 9.17) is 4.74 Å². The molecule has 0 amide bonds. The number of hydrogen-bond donors (Lipinski definition) is 1. The van der Waals surface area contributed by atoms with Gasteiger partial charge in [0.2, 0.25) is 0 Å². The van der Waals surface area contributed by atoms with Gasteiger partial charge in [-0.1, -0.05) is 13.8 Å². The Morgan fingerprint density at radius 3 is 2.69 bits per heavy atom. The van der Waals surface area contributed by atoms with Crippen molar-refractivity contribution < 1.29 is 4.74 Å². The van der Waals surface area contributed by atoms with E-state index in [-0.39, 0.29) is 0 Å². The van der Waals surface area contributed by atoms with Crippen molar-refractivity contribution >= 4 is 0 Å². The van der Waals surface area contributed by atoms with Crippen molar-refractivity contribution in [1.82, 2.24) is 10.2 Å². The van der Waals surface area contributed by atoms with Gasteiger partial charge in [0.15, 0.2) is 0 Å². The minimum Gasteiger partial charge on any atom is -0.385 e. The van der Waals surface area contributed by atoms with Gasteiger partial charge in [-0.15, -0.1) is 0 Å². The minimum atomic E-state index is 0.351. The van der Waals surface area contributed by atoms with Gasteiger partial charge in [-0.2, -0.15) is 0 Å². The van der Waals surface area contributed by atoms with E-state index < -0.39 is 0 Å². The highest BCUT2D eigenvalue weighted by Gasteiger charge is 2.29. The molecule has 0 radical (unpaired) electrons. The predicted octanol–water partition coefficient (Wildman–Crippen LogP) is 1.88. The molecule has 1 fully saturated rings. The zero-order valence-electron chi connectivity index (χ0n) is 11.2. The average Bonchev–Trinajstić information content (AvgIpc) is 2.53. The summed E-state index contributed by atoms with van der Waals surface area (Å²) in [4.78, 5) is 2.60. The van der Waals surface area contributed by atoms with E-state index in [1.807, 2.05) is 0 Å². The van der Waals surface area contributed by atoms with Crippen LogP contribution in [0.25, 0.3) is 0 Å². The summed E-state index contributed by atoms with van der Waals surface area (Å²) in [5.41, 5.74) is 0.351. The molecule has 0 aromatic rings. The van der Waals surface area contributed by atoms with Crippen molar-refractivity contribution in [3.05, 3.63) is 0 Å². The topological polar surface area (TPSA) is 24.5 Å². The fourth-order valence-corrected chi connectivity index (χ4v) is 2.57. The van der Waals surface area contributed by atoms with Crippen LogP contribution in [0.5, 0.6) is 0 Å². The van der Waals surface area contributed by atoms with Gasteiger partial charge in [0.25, 0.3) is 0 Å². The molecule has 0 aromatic heterocycles. The van der Waals surface area contributed by atoms with Crippen molar-refractivity contribution in [2.75, 3.05) is 39.9 Å². The third-order valence-electron chi connectivity index (χ3n) is 3.85. The fraction of sp³-hybridized carbons (Fsp3) is 1.00. The molecule has 1 aliphatic rings. The Morgan fingerprint density at radius 1 is 1.31 bits per heavy atom. The lowest BCUT2D eigenvalue weighted by molar-refractivity contribution is 0.155. The summed E-state index contributed by atoms with van der Waals surface area (Å²) in [7, 11) is 1.78. The molecule has 0 atom stereocenters. The summed E-state index contributed by atoms with van der Waals surface area (Å²) in [6.45, 7) is 10.3. The molecule has 0 bridgehead atoms. The standard InChI is InChI=1S/C13H28N2O/c1-4-13(5-2)12-15(9-6-8-14-13)10-7-11-16-3/h14H,4-12H2,1-3H3. The Bertz CT molecular complexity index is 181. The second-order valence-corrected chi connectivity index (χ2v) is 4.89. The van der Waals surface area contributed by atoms with E-state index in [0.29, 0.717) is 5.54 Å². The van der Waals surface area contributed by atoms with Crippen molar-refractivity contribution in [3.63, 3.8) is 0 Å². The Morgan fingerprint density at radius 2 is 2.06 bits per heavy atom. The molecule has 1 aliphatic heterocycles. The Labute approximate surface area is 101 Å². The molecule has 0 aromatic carbocycles. The highest BCUT2D eigenvalue weighted by Crippen LogP contribution is 2.19. The lowest BCUT2D eigenvalue weighted by Gasteiger charge is -2.35. The summed E-state index contributed by atoms with van der Waals surface area (Å²) in [6.07, 6.45) is 4.88. The smallest absolute Gasteiger partial charge is 0.0474 e. The molecule has 1 rings (SSSR count). The second-order valence-electron chi connectivity index (χ2n) is 4.89. The summed E-state index contributed by atoms with van der Waals surface area (Å²) >= 11 is 0. The maximum absolute atomic E-state index is 5.13. The van der Waals surface area contributed by atoms with Crippen LogP contribution in [0.15, 0.2) is 0 Å². The molecule has 1 saturated heterocycles. The van der Waals surface area contributed by atoms with Crippen LogP contribution < -0.4 is 5.32 Å². The third-order valence-corrected chi connectivity index (χ3v) is 3.85. The van der Waals surface area contributed by atoms with Crippen LogP contribution in [-0.4, -0.2) is 50.3 Å². The number of ether oxygens (including phenoxy) is 1. The van der Waals surface area contributed by atoms with Crippen LogP contribution in [0, 0.1) is 0 Å². The number of nitrogens with zero attached hydrogens (tertiary/aromatic N) is 1. The van der Waals surface area contributed by atoms with Crippen LogP contribution in [0.3, 0.4) is 0 Å². The summed E-state index contributed by atoms with van der Waals surface area (Å²) in [5.74, 6) is 0. The van der Waals surface area contributed by atoms with Crippen molar-refractivity contribution in [2.24, 2.45) is 0 Å². The molecule has 0 unspecified atom stereocenters. The Kier molecular flexibility index (Phi) is 6.32. The molecule has 1 N–H and O–H groups in total. The lowest BCUT2D eigenvalue weighted by Crippen LogP contribution is -2.50. The van der Waals surface area contributed by atoms with Crippen LogP contribution in [0.1, 0.15) is 39.5 Å². The minimum absolute atomic E-state index is 0.351. The molecule has 96 valence electrons. The first-order valence-electron chi connectivity index (χ1n) is 6.72. The van der Waals surface area contributed by atoms with Gasteiger partial charge in [-0.3, -0.25) is 0 Å². The molecule has 1 heterocycles. The number of hydrogen-bond acceptors (Lipinski definition) is 3. The maximum Gasteiger partial charge on any atom is 0.0474 e. The van der Waals surface area contributed by atoms with E-state index in [1.165, 1.54) is 45.4 Å². The van der Waals surface area contributed by atoms with Gasteiger partial charge < -0.3 is 15.0 Å². The van der Waals surface area contributed by atoms with E-state index >= 15 is 0 Å². The molecule has 0 saturated carbocycles. The molecular formula is C13H28N2O. The van der Waals surface area contributed by atoms with Crippen molar-refractivity contribution in [3.8, 4) is 0 Å². The predicted molar refractivity (Wildman–Crippen MR) is 68.9 cm³/mol. The highest BCUT2D eigenvalue weighted by molar-refractivity contribution is 4.90. The van der Waals surface area contributed by atoms with E-state index in [0.717, 1.165) is 13.0 Å². The normalized spacial score (nSPS) is 21.9. The number of methoxy groups -OCH3 is 1. The molecule has 0 spiro atoms. The summed E-state index contributed by atoms with van der Waals surface area (Å²) in [6, 6.07) is 0. The van der Waals surface area contributed by atoms with Gasteiger partial charge in [-0.05, 0) is 38.8 Å². The van der Waals surface area contributed by atoms with Crippen molar-refractivity contribution in [2.45, 2.75) is 45.1 Å². The number of nitrogens with one attached hydrogen (secondary N) is 1. The van der Waals surface area contributed by atoms with Gasteiger partial charge in [0.1, 0.15) is 0 Å². The summed E-state index contributed by atoms with van der Waals surface area (Å²) in [5, 5.41) is 3.74. The average molecular weight is 228 g/mol. The SMILES string of the molecule is CCC1(CC)CN(CCCOC)CCCN1. The van der Waals surface area contributed by atoms with Gasteiger partial charge in [0.05, 0.1) is 0 Å². The zero-order valence-corrected chi connectivity index (χ0v) is 11.2. The molecule has 16 heavy (non-hydrogen) atoms. The van der Waals surface area contributed by atoms with E-state index in [1.54, 1.807) is 7.11 Å². The zero-order chi connectivity index (χ0) is 11.9. The van der Waals surface area contributed by atoms with Crippen LogP contribution >= 0.6 is 0 Å². The summed E-state index contributed by atoms with van der Waals surface area (Å²) < 4.78 is 5.13. The molecular weight excluding hydrogens is 200 g/mol. The maximum atomic E-state index is 5.13. The molecule has 3 nitrogen and oxygen atoms in total. The van der Waals surface area contributed by atoms with Gasteiger partial charge >= 0.3 is 0 Å². The van der Waals surface area contributed by atoms with Gasteiger partial charge in [-0.25, -0.2) is 0 Å². The first-order chi connectivity index (χ1) is 7.76. The monoisotopic (exact) mass is 228 g/mol. The van der Waals surface area contributed by atoms with Crippen molar-refractivity contribution in [1.29, 1.82) is 0 Å². The van der Waals surface area contributed by atoms with E-state index in [9.17, 15) is 0 Å².